The third-order valence-electron chi connectivity index (χ3n) is 2.09. The summed E-state index contributed by atoms with van der Waals surface area (Å²) in [6.45, 7) is 2.49. The van der Waals surface area contributed by atoms with Crippen LogP contribution in [0.1, 0.15) is 32.6 Å². The summed E-state index contributed by atoms with van der Waals surface area (Å²) in [6, 6.07) is 0. The molecule has 0 spiro atoms. The van der Waals surface area contributed by atoms with E-state index in [-0.39, 0.29) is 6.09 Å². The normalized spacial score (nSPS) is 17.4. The molecule has 3 nitrogen and oxygen atoms in total. The van der Waals surface area contributed by atoms with Gasteiger partial charge in [0.2, 0.25) is 0 Å². The van der Waals surface area contributed by atoms with Crippen molar-refractivity contribution in [3.8, 4) is 0 Å². The molecule has 1 fully saturated rings. The highest BCUT2D eigenvalue weighted by atomic mass is 16.5. The second kappa shape index (κ2) is 5.06. The number of carbonyl (C=O) groups is 1. The summed E-state index contributed by atoms with van der Waals surface area (Å²) in [5.41, 5.74) is 0. The lowest BCUT2D eigenvalue weighted by Gasteiger charge is -2.07. The zero-order valence-corrected chi connectivity index (χ0v) is 7.51. The Morgan fingerprint density at radius 3 is 2.83 bits per heavy atom. The highest BCUT2D eigenvalue weighted by Gasteiger charge is 2.19. The molecular weight excluding hydrogens is 153 g/mol. The van der Waals surface area contributed by atoms with Gasteiger partial charge in [0.25, 0.3) is 0 Å². The molecule has 1 aliphatic rings. The third kappa shape index (κ3) is 3.16. The van der Waals surface area contributed by atoms with Crippen LogP contribution in [-0.4, -0.2) is 20.1 Å². The van der Waals surface area contributed by atoms with E-state index in [0.717, 1.165) is 0 Å². The van der Waals surface area contributed by atoms with Crippen molar-refractivity contribution >= 4 is 13.6 Å². The molecule has 1 rings (SSSR count). The molecule has 1 N–H and O–H groups in total. The van der Waals surface area contributed by atoms with Crippen molar-refractivity contribution in [3.05, 3.63) is 0 Å². The van der Waals surface area contributed by atoms with E-state index in [1.807, 2.05) is 6.92 Å². The van der Waals surface area contributed by atoms with Gasteiger partial charge in [0.15, 0.2) is 0 Å². The minimum atomic E-state index is -0.329. The molecule has 0 atom stereocenters. The minimum Gasteiger partial charge on any atom is -0.523 e. The van der Waals surface area contributed by atoms with Gasteiger partial charge in [-0.3, -0.25) is 0 Å². The number of carbonyl (C=O) groups excluding carboxylic acids is 1. The Morgan fingerprint density at radius 1 is 1.58 bits per heavy atom. The lowest BCUT2D eigenvalue weighted by molar-refractivity contribution is 0.202. The average molecular weight is 168 g/mol. The van der Waals surface area contributed by atoms with E-state index < -0.39 is 0 Å². The number of hydrogen-bond acceptors (Lipinski definition) is 2. The first kappa shape index (κ1) is 9.42. The first-order valence-electron chi connectivity index (χ1n) is 4.60. The van der Waals surface area contributed by atoms with E-state index >= 15 is 0 Å². The van der Waals surface area contributed by atoms with Gasteiger partial charge in [-0.15, -0.1) is 0 Å². The van der Waals surface area contributed by atoms with Gasteiger partial charge in [-0.05, 0) is 12.7 Å². The zero-order valence-electron chi connectivity index (χ0n) is 7.51. The molecule has 1 aliphatic carbocycles. The largest absolute Gasteiger partial charge is 0.523 e. The third-order valence-corrected chi connectivity index (χ3v) is 2.09. The Balaban J connectivity index is 2.03. The van der Waals surface area contributed by atoms with Crippen LogP contribution in [-0.2, 0) is 4.65 Å². The fraction of sp³-hybridized carbons (Fsp3) is 0.875. The van der Waals surface area contributed by atoms with Crippen LogP contribution in [0.25, 0.3) is 0 Å². The van der Waals surface area contributed by atoms with Gasteiger partial charge < -0.3 is 9.97 Å². The molecule has 0 saturated heterocycles. The first-order chi connectivity index (χ1) is 5.83. The summed E-state index contributed by atoms with van der Waals surface area (Å²) < 4.78 is 4.89. The van der Waals surface area contributed by atoms with Crippen LogP contribution in [0.3, 0.4) is 0 Å². The number of nitrogens with one attached hydrogen (secondary N) is 1. The molecule has 1 saturated carbocycles. The smallest absolute Gasteiger partial charge is 0.388 e. The Labute approximate surface area is 74.1 Å². The highest BCUT2D eigenvalue weighted by Crippen LogP contribution is 2.28. The van der Waals surface area contributed by atoms with E-state index in [1.54, 1.807) is 7.48 Å². The molecule has 12 heavy (non-hydrogen) atoms. The van der Waals surface area contributed by atoms with Crippen LogP contribution < -0.4 is 5.32 Å². The van der Waals surface area contributed by atoms with E-state index in [9.17, 15) is 4.79 Å². The molecule has 0 aromatic heterocycles. The molecule has 67 valence electrons. The molecule has 0 heterocycles. The predicted octanol–water partition coefficient (Wildman–Crippen LogP) is 1.71. The second-order valence-corrected chi connectivity index (χ2v) is 3.12. The summed E-state index contributed by atoms with van der Waals surface area (Å²) in [5, 5.41) is 2.58. The molecule has 4 heteroatoms. The Kier molecular flexibility index (Phi) is 3.98. The van der Waals surface area contributed by atoms with Crippen LogP contribution >= 0.6 is 0 Å². The van der Waals surface area contributed by atoms with Crippen LogP contribution in [0.4, 0.5) is 4.79 Å². The van der Waals surface area contributed by atoms with Crippen molar-refractivity contribution in [1.29, 1.82) is 0 Å². The van der Waals surface area contributed by atoms with Crippen molar-refractivity contribution in [2.45, 2.75) is 38.4 Å². The Bertz CT molecular complexity index is 146. The fourth-order valence-corrected chi connectivity index (χ4v) is 1.44. The molecule has 0 aromatic rings. The molecule has 0 aliphatic heterocycles. The van der Waals surface area contributed by atoms with Gasteiger partial charge in [-0.25, -0.2) is 4.79 Å². The molecular formula is C8H15BNO2. The molecule has 1 radical (unpaired) electrons. The maximum atomic E-state index is 10.8. The average Bonchev–Trinajstić information content (AvgIpc) is 2.53. The SMILES string of the molecule is CCNC(=O)O[B]C1CCCC1. The standard InChI is InChI=1S/C8H15BNO2/c1-2-10-8(11)12-9-7-5-3-4-6-7/h7H,2-6H2,1H3,(H,10,11). The highest BCUT2D eigenvalue weighted by molar-refractivity contribution is 6.32. The monoisotopic (exact) mass is 168 g/mol. The van der Waals surface area contributed by atoms with Gasteiger partial charge in [0.05, 0.1) is 0 Å². The van der Waals surface area contributed by atoms with Gasteiger partial charge in [0.1, 0.15) is 0 Å². The summed E-state index contributed by atoms with van der Waals surface area (Å²) in [6.07, 6.45) is 4.53. The second-order valence-electron chi connectivity index (χ2n) is 3.12. The van der Waals surface area contributed by atoms with Crippen LogP contribution in [0, 0.1) is 0 Å². The number of hydrogen-bond donors (Lipinski definition) is 1. The summed E-state index contributed by atoms with van der Waals surface area (Å²) in [5.74, 6) is 0.493. The van der Waals surface area contributed by atoms with Crippen LogP contribution in [0.5, 0.6) is 0 Å². The predicted molar refractivity (Wildman–Crippen MR) is 48.1 cm³/mol. The first-order valence-corrected chi connectivity index (χ1v) is 4.60. The maximum absolute atomic E-state index is 10.8. The summed E-state index contributed by atoms with van der Waals surface area (Å²) in [4.78, 5) is 10.8. The van der Waals surface area contributed by atoms with Crippen LogP contribution in [0.15, 0.2) is 0 Å². The van der Waals surface area contributed by atoms with E-state index in [0.29, 0.717) is 12.4 Å². The zero-order chi connectivity index (χ0) is 8.81. The molecule has 0 unspecified atom stereocenters. The van der Waals surface area contributed by atoms with Crippen LogP contribution in [0.2, 0.25) is 5.82 Å². The van der Waals surface area contributed by atoms with Gasteiger partial charge >= 0.3 is 13.6 Å². The topological polar surface area (TPSA) is 38.3 Å². The van der Waals surface area contributed by atoms with Gasteiger partial charge in [-0.1, -0.05) is 25.7 Å². The lowest BCUT2D eigenvalue weighted by atomic mass is 9.79. The Morgan fingerprint density at radius 2 is 2.25 bits per heavy atom. The van der Waals surface area contributed by atoms with Gasteiger partial charge in [-0.2, -0.15) is 0 Å². The summed E-state index contributed by atoms with van der Waals surface area (Å²) >= 11 is 0. The fourth-order valence-electron chi connectivity index (χ4n) is 1.44. The van der Waals surface area contributed by atoms with E-state index in [2.05, 4.69) is 5.32 Å². The number of amides is 1. The van der Waals surface area contributed by atoms with Crippen molar-refractivity contribution in [2.24, 2.45) is 0 Å². The molecule has 0 aromatic carbocycles. The number of rotatable bonds is 3. The van der Waals surface area contributed by atoms with Crippen molar-refractivity contribution < 1.29 is 9.45 Å². The van der Waals surface area contributed by atoms with E-state index in [1.165, 1.54) is 25.7 Å². The minimum absolute atomic E-state index is 0.329. The maximum Gasteiger partial charge on any atom is 0.388 e. The van der Waals surface area contributed by atoms with Crippen molar-refractivity contribution in [3.63, 3.8) is 0 Å². The molecule has 1 amide bonds. The van der Waals surface area contributed by atoms with E-state index in [4.69, 9.17) is 4.65 Å². The van der Waals surface area contributed by atoms with Crippen molar-refractivity contribution in [1.82, 2.24) is 5.32 Å². The quantitative estimate of drug-likeness (QED) is 0.651. The summed E-state index contributed by atoms with van der Waals surface area (Å²) in [7, 11) is 1.68. The lowest BCUT2D eigenvalue weighted by Crippen LogP contribution is -2.26. The molecule has 0 bridgehead atoms. The Hall–Kier alpha value is -0.665. The van der Waals surface area contributed by atoms with Gasteiger partial charge in [0, 0.05) is 6.54 Å². The van der Waals surface area contributed by atoms with Crippen molar-refractivity contribution in [2.75, 3.05) is 6.54 Å².